The molecule has 0 spiro atoms. The van der Waals surface area contributed by atoms with Crippen molar-refractivity contribution in [3.63, 3.8) is 0 Å². The molecule has 6 heteroatoms. The number of aromatic nitrogens is 3. The first-order valence-corrected chi connectivity index (χ1v) is 6.02. The maximum atomic E-state index is 11.7. The first-order chi connectivity index (χ1) is 8.15. The minimum absolute atomic E-state index is 0.0426. The van der Waals surface area contributed by atoms with E-state index in [0.717, 1.165) is 12.8 Å². The predicted molar refractivity (Wildman–Crippen MR) is 61.1 cm³/mol. The molecule has 2 N–H and O–H groups in total. The van der Waals surface area contributed by atoms with Crippen molar-refractivity contribution in [2.24, 2.45) is 0 Å². The number of hydrogen-bond acceptors (Lipinski definition) is 4. The third-order valence-corrected chi connectivity index (χ3v) is 3.01. The monoisotopic (exact) mass is 238 g/mol. The molecule has 1 saturated carbocycles. The fraction of sp³-hybridized carbons (Fsp3) is 0.727. The molecule has 17 heavy (non-hydrogen) atoms. The fourth-order valence-electron chi connectivity index (χ4n) is 2.07. The first kappa shape index (κ1) is 12.0. The van der Waals surface area contributed by atoms with Crippen LogP contribution in [0.2, 0.25) is 0 Å². The summed E-state index contributed by atoms with van der Waals surface area (Å²) in [5.74, 6) is -0.0426. The molecule has 94 valence electrons. The molecule has 1 aliphatic carbocycles. The highest BCUT2D eigenvalue weighted by Gasteiger charge is 2.17. The molecule has 1 fully saturated rings. The van der Waals surface area contributed by atoms with Gasteiger partial charge in [-0.1, -0.05) is 18.1 Å². The van der Waals surface area contributed by atoms with Crippen LogP contribution in [0.5, 0.6) is 0 Å². The molecular weight excluding hydrogens is 220 g/mol. The van der Waals surface area contributed by atoms with Gasteiger partial charge in [0.15, 0.2) is 0 Å². The number of aliphatic hydroxyl groups is 1. The number of carbonyl (C=O) groups excluding carboxylic acids is 1. The summed E-state index contributed by atoms with van der Waals surface area (Å²) in [5, 5.41) is 19.8. The summed E-state index contributed by atoms with van der Waals surface area (Å²) in [7, 11) is 0. The lowest BCUT2D eigenvalue weighted by molar-refractivity contribution is -0.122. The third-order valence-electron chi connectivity index (χ3n) is 3.01. The van der Waals surface area contributed by atoms with Gasteiger partial charge in [-0.15, -0.1) is 5.10 Å². The average Bonchev–Trinajstić information content (AvgIpc) is 2.88. The molecule has 1 atom stereocenters. The molecule has 1 unspecified atom stereocenters. The quantitative estimate of drug-likeness (QED) is 0.795. The van der Waals surface area contributed by atoms with E-state index in [2.05, 4.69) is 15.6 Å². The van der Waals surface area contributed by atoms with Crippen LogP contribution in [0.1, 0.15) is 44.4 Å². The Kier molecular flexibility index (Phi) is 3.73. The van der Waals surface area contributed by atoms with Crippen LogP contribution in [0.15, 0.2) is 6.20 Å². The van der Waals surface area contributed by atoms with Crippen molar-refractivity contribution in [1.82, 2.24) is 20.3 Å². The van der Waals surface area contributed by atoms with Gasteiger partial charge in [-0.05, 0) is 19.8 Å². The van der Waals surface area contributed by atoms with E-state index in [9.17, 15) is 9.90 Å². The van der Waals surface area contributed by atoms with Crippen LogP contribution >= 0.6 is 0 Å². The highest BCUT2D eigenvalue weighted by Crippen LogP contribution is 2.17. The van der Waals surface area contributed by atoms with Gasteiger partial charge in [0.25, 0.3) is 0 Å². The number of nitrogens with one attached hydrogen (secondary N) is 1. The highest BCUT2D eigenvalue weighted by molar-refractivity contribution is 5.75. The summed E-state index contributed by atoms with van der Waals surface area (Å²) < 4.78 is 1.45. The Labute approximate surface area is 100 Å². The molecule has 1 heterocycles. The lowest BCUT2D eigenvalue weighted by Gasteiger charge is -2.11. The normalized spacial score (nSPS) is 18.2. The van der Waals surface area contributed by atoms with Gasteiger partial charge in [0.05, 0.1) is 12.3 Å². The second-order valence-electron chi connectivity index (χ2n) is 4.57. The predicted octanol–water partition coefficient (Wildman–Crippen LogP) is 0.390. The molecule has 0 saturated heterocycles. The number of carbonyl (C=O) groups is 1. The van der Waals surface area contributed by atoms with Gasteiger partial charge in [-0.25, -0.2) is 4.68 Å². The van der Waals surface area contributed by atoms with E-state index >= 15 is 0 Å². The number of amides is 1. The van der Waals surface area contributed by atoms with Gasteiger partial charge in [-0.2, -0.15) is 0 Å². The summed E-state index contributed by atoms with van der Waals surface area (Å²) in [6.07, 6.45) is 5.48. The van der Waals surface area contributed by atoms with E-state index in [1.54, 1.807) is 13.1 Å². The SMILES string of the molecule is CC(O)c1cn(CC(=O)NC2CCCC2)nn1. The molecular formula is C11H18N4O2. The second-order valence-corrected chi connectivity index (χ2v) is 4.57. The summed E-state index contributed by atoms with van der Waals surface area (Å²) in [5.41, 5.74) is 0.485. The lowest BCUT2D eigenvalue weighted by Crippen LogP contribution is -2.35. The average molecular weight is 238 g/mol. The Morgan fingerprint density at radius 1 is 1.65 bits per heavy atom. The highest BCUT2D eigenvalue weighted by atomic mass is 16.3. The number of rotatable bonds is 4. The van der Waals surface area contributed by atoms with Crippen molar-refractivity contribution >= 4 is 5.91 Å². The maximum Gasteiger partial charge on any atom is 0.242 e. The van der Waals surface area contributed by atoms with Gasteiger partial charge in [0.1, 0.15) is 12.2 Å². The van der Waals surface area contributed by atoms with Gasteiger partial charge in [-0.3, -0.25) is 4.79 Å². The zero-order valence-corrected chi connectivity index (χ0v) is 9.96. The van der Waals surface area contributed by atoms with Crippen LogP contribution in [0.3, 0.4) is 0 Å². The zero-order valence-electron chi connectivity index (χ0n) is 9.96. The van der Waals surface area contributed by atoms with E-state index < -0.39 is 6.10 Å². The largest absolute Gasteiger partial charge is 0.387 e. The third kappa shape index (κ3) is 3.26. The molecule has 0 aliphatic heterocycles. The molecule has 2 rings (SSSR count). The molecule has 0 radical (unpaired) electrons. The topological polar surface area (TPSA) is 80.0 Å². The van der Waals surface area contributed by atoms with E-state index in [0.29, 0.717) is 11.7 Å². The van der Waals surface area contributed by atoms with Gasteiger partial charge >= 0.3 is 0 Å². The van der Waals surface area contributed by atoms with Crippen LogP contribution in [0.4, 0.5) is 0 Å². The Morgan fingerprint density at radius 3 is 2.94 bits per heavy atom. The van der Waals surface area contributed by atoms with E-state index in [4.69, 9.17) is 0 Å². The van der Waals surface area contributed by atoms with Crippen molar-refractivity contribution < 1.29 is 9.90 Å². The van der Waals surface area contributed by atoms with E-state index in [1.165, 1.54) is 17.5 Å². The van der Waals surface area contributed by atoms with Crippen LogP contribution in [0.25, 0.3) is 0 Å². The van der Waals surface area contributed by atoms with E-state index in [-0.39, 0.29) is 12.5 Å². The lowest BCUT2D eigenvalue weighted by atomic mass is 10.2. The Morgan fingerprint density at radius 2 is 2.35 bits per heavy atom. The van der Waals surface area contributed by atoms with Crippen LogP contribution in [-0.2, 0) is 11.3 Å². The standard InChI is InChI=1S/C11H18N4O2/c1-8(16)10-6-15(14-13-10)7-11(17)12-9-4-2-3-5-9/h6,8-9,16H,2-5,7H2,1H3,(H,12,17). The van der Waals surface area contributed by atoms with E-state index in [1.807, 2.05) is 0 Å². The Balaban J connectivity index is 1.84. The van der Waals surface area contributed by atoms with Gasteiger partial charge in [0.2, 0.25) is 5.91 Å². The van der Waals surface area contributed by atoms with Gasteiger partial charge in [0, 0.05) is 6.04 Å². The molecule has 0 bridgehead atoms. The number of nitrogens with zero attached hydrogens (tertiary/aromatic N) is 3. The zero-order chi connectivity index (χ0) is 12.3. The molecule has 1 aliphatic rings. The molecule has 6 nitrogen and oxygen atoms in total. The summed E-state index contributed by atoms with van der Waals surface area (Å²) in [6.45, 7) is 1.78. The smallest absolute Gasteiger partial charge is 0.242 e. The first-order valence-electron chi connectivity index (χ1n) is 6.02. The second kappa shape index (κ2) is 5.27. The minimum Gasteiger partial charge on any atom is -0.387 e. The fourth-order valence-corrected chi connectivity index (χ4v) is 2.07. The summed E-state index contributed by atoms with van der Waals surface area (Å²) in [6, 6.07) is 0.322. The van der Waals surface area contributed by atoms with Crippen molar-refractivity contribution in [2.45, 2.75) is 51.3 Å². The van der Waals surface area contributed by atoms with Crippen LogP contribution in [-0.4, -0.2) is 32.0 Å². The van der Waals surface area contributed by atoms with Gasteiger partial charge < -0.3 is 10.4 Å². The minimum atomic E-state index is -0.651. The molecule has 1 aromatic rings. The molecule has 1 aromatic heterocycles. The van der Waals surface area contributed by atoms with Crippen molar-refractivity contribution in [2.75, 3.05) is 0 Å². The van der Waals surface area contributed by atoms with Crippen molar-refractivity contribution in [3.05, 3.63) is 11.9 Å². The number of aliphatic hydroxyl groups excluding tert-OH is 1. The summed E-state index contributed by atoms with van der Waals surface area (Å²) in [4.78, 5) is 11.7. The van der Waals surface area contributed by atoms with Crippen molar-refractivity contribution in [3.8, 4) is 0 Å². The van der Waals surface area contributed by atoms with Crippen molar-refractivity contribution in [1.29, 1.82) is 0 Å². The van der Waals surface area contributed by atoms with Crippen LogP contribution in [0, 0.1) is 0 Å². The molecule has 1 amide bonds. The number of hydrogen-bond donors (Lipinski definition) is 2. The summed E-state index contributed by atoms with van der Waals surface area (Å²) >= 11 is 0. The Bertz CT molecular complexity index is 383. The Hall–Kier alpha value is -1.43. The van der Waals surface area contributed by atoms with Crippen LogP contribution < -0.4 is 5.32 Å². The molecule has 0 aromatic carbocycles. The maximum absolute atomic E-state index is 11.7.